The van der Waals surface area contributed by atoms with Gasteiger partial charge in [0, 0.05) is 23.9 Å². The van der Waals surface area contributed by atoms with Gasteiger partial charge in [0.2, 0.25) is 5.89 Å². The van der Waals surface area contributed by atoms with E-state index in [1.807, 2.05) is 60.7 Å². The van der Waals surface area contributed by atoms with E-state index in [0.29, 0.717) is 5.89 Å². The van der Waals surface area contributed by atoms with E-state index in [-0.39, 0.29) is 0 Å². The number of hydrogen-bond acceptors (Lipinski definition) is 3. The van der Waals surface area contributed by atoms with Crippen LogP contribution in [0.3, 0.4) is 0 Å². The predicted octanol–water partition coefficient (Wildman–Crippen LogP) is 6.90. The minimum Gasteiger partial charge on any atom is -0.436 e. The molecule has 4 rings (SSSR count). The summed E-state index contributed by atoms with van der Waals surface area (Å²) in [6, 6.07) is 22.0. The minimum atomic E-state index is 0.648. The molecule has 0 spiro atoms. The van der Waals surface area contributed by atoms with Crippen molar-refractivity contribution in [3.8, 4) is 11.5 Å². The standard InChI is InChI=1S/C19H11ClINOS/c20-13-3-7-15(8-4-13)24-16-9-10-17-18(11-16)23-19(22-17)12-1-5-14(21)6-2-12/h1-11H. The van der Waals surface area contributed by atoms with Crippen LogP contribution in [0.4, 0.5) is 0 Å². The van der Waals surface area contributed by atoms with E-state index in [4.69, 9.17) is 16.0 Å². The summed E-state index contributed by atoms with van der Waals surface area (Å²) < 4.78 is 7.13. The van der Waals surface area contributed by atoms with Gasteiger partial charge in [-0.15, -0.1) is 0 Å². The van der Waals surface area contributed by atoms with Crippen molar-refractivity contribution in [2.45, 2.75) is 9.79 Å². The van der Waals surface area contributed by atoms with Crippen LogP contribution >= 0.6 is 46.0 Å². The third kappa shape index (κ3) is 3.45. The minimum absolute atomic E-state index is 0.648. The molecule has 0 amide bonds. The van der Waals surface area contributed by atoms with Crippen LogP contribution in [-0.2, 0) is 0 Å². The molecule has 1 heterocycles. The molecule has 5 heteroatoms. The number of nitrogens with zero attached hydrogens (tertiary/aromatic N) is 1. The second-order valence-electron chi connectivity index (χ2n) is 5.21. The van der Waals surface area contributed by atoms with Crippen molar-refractivity contribution < 1.29 is 4.42 Å². The molecule has 1 aromatic heterocycles. The van der Waals surface area contributed by atoms with E-state index in [1.54, 1.807) is 11.8 Å². The highest BCUT2D eigenvalue weighted by Crippen LogP contribution is 2.32. The second kappa shape index (κ2) is 6.78. The number of hydrogen-bond donors (Lipinski definition) is 0. The zero-order valence-corrected chi connectivity index (χ0v) is 16.1. The Balaban J connectivity index is 1.65. The zero-order valence-electron chi connectivity index (χ0n) is 12.4. The Kier molecular flexibility index (Phi) is 4.52. The highest BCUT2D eigenvalue weighted by atomic mass is 127. The molecule has 0 unspecified atom stereocenters. The van der Waals surface area contributed by atoms with Crippen LogP contribution in [0.25, 0.3) is 22.6 Å². The molecule has 0 bridgehead atoms. The van der Waals surface area contributed by atoms with E-state index >= 15 is 0 Å². The monoisotopic (exact) mass is 463 g/mol. The summed E-state index contributed by atoms with van der Waals surface area (Å²) in [4.78, 5) is 6.82. The normalized spacial score (nSPS) is 11.1. The smallest absolute Gasteiger partial charge is 0.227 e. The number of benzene rings is 3. The molecule has 0 saturated carbocycles. The Morgan fingerprint density at radius 2 is 1.58 bits per heavy atom. The van der Waals surface area contributed by atoms with Crippen molar-refractivity contribution in [2.75, 3.05) is 0 Å². The van der Waals surface area contributed by atoms with E-state index in [0.717, 1.165) is 31.5 Å². The van der Waals surface area contributed by atoms with Gasteiger partial charge >= 0.3 is 0 Å². The highest BCUT2D eigenvalue weighted by molar-refractivity contribution is 14.1. The van der Waals surface area contributed by atoms with Gasteiger partial charge in [-0.25, -0.2) is 4.98 Å². The van der Waals surface area contributed by atoms with Gasteiger partial charge in [-0.2, -0.15) is 0 Å². The molecule has 0 N–H and O–H groups in total. The molecule has 0 aliphatic carbocycles. The Labute approximate surface area is 162 Å². The molecular formula is C19H11ClINOS. The molecule has 0 radical (unpaired) electrons. The second-order valence-corrected chi connectivity index (χ2v) is 8.04. The van der Waals surface area contributed by atoms with Crippen LogP contribution in [0.1, 0.15) is 0 Å². The van der Waals surface area contributed by atoms with Crippen molar-refractivity contribution in [3.63, 3.8) is 0 Å². The Bertz CT molecular complexity index is 996. The lowest BCUT2D eigenvalue weighted by molar-refractivity contribution is 0.619. The number of aromatic nitrogens is 1. The fraction of sp³-hybridized carbons (Fsp3) is 0. The average molecular weight is 464 g/mol. The molecule has 0 aliphatic rings. The zero-order chi connectivity index (χ0) is 16.5. The van der Waals surface area contributed by atoms with Gasteiger partial charge < -0.3 is 4.42 Å². The molecule has 0 aliphatic heterocycles. The molecule has 118 valence electrons. The summed E-state index contributed by atoms with van der Waals surface area (Å²) in [5, 5.41) is 0.743. The molecule has 0 fully saturated rings. The first-order valence-corrected chi connectivity index (χ1v) is 9.55. The molecule has 24 heavy (non-hydrogen) atoms. The highest BCUT2D eigenvalue weighted by Gasteiger charge is 2.09. The largest absolute Gasteiger partial charge is 0.436 e. The van der Waals surface area contributed by atoms with Crippen LogP contribution in [0.5, 0.6) is 0 Å². The SMILES string of the molecule is Clc1ccc(Sc2ccc3nc(-c4ccc(I)cc4)oc3c2)cc1. The van der Waals surface area contributed by atoms with Gasteiger partial charge in [-0.1, -0.05) is 23.4 Å². The Morgan fingerprint density at radius 1 is 0.875 bits per heavy atom. The van der Waals surface area contributed by atoms with Crippen molar-refractivity contribution in [1.82, 2.24) is 4.98 Å². The van der Waals surface area contributed by atoms with Crippen LogP contribution in [-0.4, -0.2) is 4.98 Å². The fourth-order valence-electron chi connectivity index (χ4n) is 2.32. The lowest BCUT2D eigenvalue weighted by atomic mass is 10.2. The third-order valence-corrected chi connectivity index (χ3v) is 5.47. The van der Waals surface area contributed by atoms with Crippen molar-refractivity contribution in [1.29, 1.82) is 0 Å². The lowest BCUT2D eigenvalue weighted by Gasteiger charge is -2.01. The quantitative estimate of drug-likeness (QED) is 0.309. The molecular weight excluding hydrogens is 453 g/mol. The number of fused-ring (bicyclic) bond motifs is 1. The summed E-state index contributed by atoms with van der Waals surface area (Å²) in [6.07, 6.45) is 0. The van der Waals surface area contributed by atoms with E-state index < -0.39 is 0 Å². The van der Waals surface area contributed by atoms with Crippen LogP contribution in [0.2, 0.25) is 5.02 Å². The van der Waals surface area contributed by atoms with Crippen molar-refractivity contribution >= 4 is 57.1 Å². The number of oxazole rings is 1. The maximum absolute atomic E-state index is 5.94. The van der Waals surface area contributed by atoms with Gasteiger partial charge in [0.05, 0.1) is 0 Å². The predicted molar refractivity (Wildman–Crippen MR) is 108 cm³/mol. The molecule has 0 atom stereocenters. The summed E-state index contributed by atoms with van der Waals surface area (Å²) in [6.45, 7) is 0. The maximum atomic E-state index is 5.94. The average Bonchev–Trinajstić information content (AvgIpc) is 3.01. The first-order valence-electron chi connectivity index (χ1n) is 7.27. The van der Waals surface area contributed by atoms with Gasteiger partial charge in [0.25, 0.3) is 0 Å². The van der Waals surface area contributed by atoms with Crippen molar-refractivity contribution in [3.05, 3.63) is 75.3 Å². The Hall–Kier alpha value is -1.50. The van der Waals surface area contributed by atoms with Gasteiger partial charge in [0.15, 0.2) is 5.58 Å². The van der Waals surface area contributed by atoms with Crippen LogP contribution in [0, 0.1) is 3.57 Å². The van der Waals surface area contributed by atoms with Gasteiger partial charge in [-0.05, 0) is 89.3 Å². The van der Waals surface area contributed by atoms with Crippen LogP contribution < -0.4 is 0 Å². The van der Waals surface area contributed by atoms with Gasteiger partial charge in [0.1, 0.15) is 5.52 Å². The van der Waals surface area contributed by atoms with E-state index in [9.17, 15) is 0 Å². The lowest BCUT2D eigenvalue weighted by Crippen LogP contribution is -1.77. The van der Waals surface area contributed by atoms with Gasteiger partial charge in [-0.3, -0.25) is 0 Å². The Morgan fingerprint density at radius 3 is 2.33 bits per heavy atom. The van der Waals surface area contributed by atoms with Crippen molar-refractivity contribution in [2.24, 2.45) is 0 Å². The number of halogens is 2. The summed E-state index contributed by atoms with van der Waals surface area (Å²) in [5.74, 6) is 0.648. The molecule has 3 aromatic carbocycles. The maximum Gasteiger partial charge on any atom is 0.227 e. The molecule has 4 aromatic rings. The fourth-order valence-corrected chi connectivity index (χ4v) is 3.66. The summed E-state index contributed by atoms with van der Waals surface area (Å²) >= 11 is 9.89. The first kappa shape index (κ1) is 16.0. The summed E-state index contributed by atoms with van der Waals surface area (Å²) in [5.41, 5.74) is 2.64. The topological polar surface area (TPSA) is 26.0 Å². The van der Waals surface area contributed by atoms with Crippen LogP contribution in [0.15, 0.2) is 80.9 Å². The number of rotatable bonds is 3. The molecule has 2 nitrogen and oxygen atoms in total. The third-order valence-electron chi connectivity index (χ3n) is 3.50. The van der Waals surface area contributed by atoms with E-state index in [2.05, 4.69) is 33.6 Å². The molecule has 0 saturated heterocycles. The first-order chi connectivity index (χ1) is 11.7. The summed E-state index contributed by atoms with van der Waals surface area (Å²) in [7, 11) is 0. The van der Waals surface area contributed by atoms with E-state index in [1.165, 1.54) is 3.57 Å².